The topological polar surface area (TPSA) is 104 Å². The molecule has 1 aliphatic heterocycles. The van der Waals surface area contributed by atoms with Gasteiger partial charge in [0.15, 0.2) is 0 Å². The van der Waals surface area contributed by atoms with Gasteiger partial charge in [0.2, 0.25) is 15.9 Å². The third-order valence-electron chi connectivity index (χ3n) is 4.77. The van der Waals surface area contributed by atoms with Crippen LogP contribution in [0.1, 0.15) is 45.1 Å². The van der Waals surface area contributed by atoms with Crippen LogP contribution in [0.25, 0.3) is 0 Å². The lowest BCUT2D eigenvalue weighted by Crippen LogP contribution is -2.44. The minimum atomic E-state index is -3.46. The van der Waals surface area contributed by atoms with Gasteiger partial charge in [-0.15, -0.1) is 0 Å². The van der Waals surface area contributed by atoms with Crippen molar-refractivity contribution in [2.45, 2.75) is 56.9 Å². The minimum Gasteiger partial charge on any atom is -0.480 e. The van der Waals surface area contributed by atoms with Crippen molar-refractivity contribution in [3.63, 3.8) is 0 Å². The number of amides is 1. The number of carbonyl (C=O) groups is 2. The summed E-state index contributed by atoms with van der Waals surface area (Å²) in [6.45, 7) is 4.59. The fraction of sp³-hybridized carbons (Fsp3) is 0.579. The van der Waals surface area contributed by atoms with Crippen molar-refractivity contribution in [1.82, 2.24) is 9.62 Å². The molecule has 0 unspecified atom stereocenters. The van der Waals surface area contributed by atoms with Crippen LogP contribution in [0.5, 0.6) is 0 Å². The Hall–Kier alpha value is -1.93. The molecule has 2 N–H and O–H groups in total. The largest absolute Gasteiger partial charge is 0.480 e. The lowest BCUT2D eigenvalue weighted by atomic mass is 10.0. The molecule has 150 valence electrons. The number of aliphatic carboxylic acids is 1. The molecule has 1 atom stereocenters. The number of rotatable bonds is 8. The number of sulfonamides is 1. The van der Waals surface area contributed by atoms with Gasteiger partial charge in [0, 0.05) is 19.5 Å². The standard InChI is InChI=1S/C19H28N2O5S/c1-14(2)18(19(23)24)20-17(22)11-8-15-6-9-16(10-7-15)27(25,26)21-12-4-3-5-13-21/h6-7,9-10,14,18H,3-5,8,11-13H2,1-2H3,(H,20,22)(H,23,24)/t18-/m0/s1. The van der Waals surface area contributed by atoms with Gasteiger partial charge in [-0.3, -0.25) is 4.79 Å². The molecule has 0 spiro atoms. The number of piperidine rings is 1. The van der Waals surface area contributed by atoms with Crippen LogP contribution in [-0.4, -0.2) is 48.8 Å². The molecule has 1 saturated heterocycles. The van der Waals surface area contributed by atoms with Gasteiger partial charge in [0.05, 0.1) is 4.90 Å². The van der Waals surface area contributed by atoms with Crippen LogP contribution in [-0.2, 0) is 26.0 Å². The van der Waals surface area contributed by atoms with Gasteiger partial charge >= 0.3 is 5.97 Å². The number of carbonyl (C=O) groups excluding carboxylic acids is 1. The molecule has 8 heteroatoms. The van der Waals surface area contributed by atoms with Gasteiger partial charge < -0.3 is 10.4 Å². The third kappa shape index (κ3) is 5.77. The van der Waals surface area contributed by atoms with Crippen LogP contribution in [0.3, 0.4) is 0 Å². The summed E-state index contributed by atoms with van der Waals surface area (Å²) < 4.78 is 26.8. The normalized spacial score (nSPS) is 16.9. The number of carboxylic acids is 1. The van der Waals surface area contributed by atoms with E-state index in [1.807, 2.05) is 0 Å². The van der Waals surface area contributed by atoms with Crippen LogP contribution in [0, 0.1) is 5.92 Å². The van der Waals surface area contributed by atoms with Crippen LogP contribution in [0.2, 0.25) is 0 Å². The van der Waals surface area contributed by atoms with Crippen molar-refractivity contribution in [2.24, 2.45) is 5.92 Å². The molecule has 1 aliphatic rings. The van der Waals surface area contributed by atoms with Crippen LogP contribution in [0.4, 0.5) is 0 Å². The van der Waals surface area contributed by atoms with Crippen molar-refractivity contribution >= 4 is 21.9 Å². The quantitative estimate of drug-likeness (QED) is 0.700. The average molecular weight is 397 g/mol. The fourth-order valence-electron chi connectivity index (χ4n) is 3.10. The molecule has 1 fully saturated rings. The van der Waals surface area contributed by atoms with E-state index in [0.29, 0.717) is 19.5 Å². The van der Waals surface area contributed by atoms with Crippen molar-refractivity contribution < 1.29 is 23.1 Å². The van der Waals surface area contributed by atoms with Gasteiger partial charge in [-0.1, -0.05) is 32.4 Å². The maximum absolute atomic E-state index is 12.6. The van der Waals surface area contributed by atoms with Crippen LogP contribution >= 0.6 is 0 Å². The Morgan fingerprint density at radius 1 is 1.11 bits per heavy atom. The van der Waals surface area contributed by atoms with E-state index in [4.69, 9.17) is 5.11 Å². The lowest BCUT2D eigenvalue weighted by Gasteiger charge is -2.25. The molecule has 1 aromatic carbocycles. The van der Waals surface area contributed by atoms with E-state index in [0.717, 1.165) is 24.8 Å². The molecule has 1 heterocycles. The number of carboxylic acid groups (broad SMARTS) is 1. The predicted octanol–water partition coefficient (Wildman–Crippen LogP) is 2.02. The molecule has 2 rings (SSSR count). The molecular weight excluding hydrogens is 368 g/mol. The van der Waals surface area contributed by atoms with Crippen molar-refractivity contribution in [2.75, 3.05) is 13.1 Å². The zero-order valence-corrected chi connectivity index (χ0v) is 16.7. The first-order valence-electron chi connectivity index (χ1n) is 9.33. The number of nitrogens with one attached hydrogen (secondary N) is 1. The summed E-state index contributed by atoms with van der Waals surface area (Å²) in [6.07, 6.45) is 3.40. The fourth-order valence-corrected chi connectivity index (χ4v) is 4.62. The number of nitrogens with zero attached hydrogens (tertiary/aromatic N) is 1. The lowest BCUT2D eigenvalue weighted by molar-refractivity contribution is -0.143. The summed E-state index contributed by atoms with van der Waals surface area (Å²) in [5.74, 6) is -1.59. The zero-order valence-electron chi connectivity index (χ0n) is 15.8. The average Bonchev–Trinajstić information content (AvgIpc) is 2.65. The SMILES string of the molecule is CC(C)[C@H](NC(=O)CCc1ccc(S(=O)(=O)N2CCCCC2)cc1)C(=O)O. The highest BCUT2D eigenvalue weighted by Gasteiger charge is 2.26. The summed E-state index contributed by atoms with van der Waals surface area (Å²) in [5, 5.41) is 11.6. The summed E-state index contributed by atoms with van der Waals surface area (Å²) in [5.41, 5.74) is 0.833. The Labute approximate surface area is 160 Å². The monoisotopic (exact) mass is 396 g/mol. The van der Waals surface area contributed by atoms with E-state index in [-0.39, 0.29) is 23.1 Å². The van der Waals surface area contributed by atoms with Gasteiger partial charge in [0.1, 0.15) is 6.04 Å². The second-order valence-corrected chi connectivity index (χ2v) is 9.17. The summed E-state index contributed by atoms with van der Waals surface area (Å²) in [7, 11) is -3.46. The van der Waals surface area contributed by atoms with E-state index in [9.17, 15) is 18.0 Å². The van der Waals surface area contributed by atoms with Crippen LogP contribution < -0.4 is 5.32 Å². The first-order chi connectivity index (χ1) is 12.7. The first-order valence-corrected chi connectivity index (χ1v) is 10.8. The minimum absolute atomic E-state index is 0.148. The molecule has 7 nitrogen and oxygen atoms in total. The molecule has 27 heavy (non-hydrogen) atoms. The molecule has 0 saturated carbocycles. The molecule has 0 radical (unpaired) electrons. The van der Waals surface area contributed by atoms with E-state index < -0.39 is 22.0 Å². The van der Waals surface area contributed by atoms with E-state index >= 15 is 0 Å². The second-order valence-electron chi connectivity index (χ2n) is 7.24. The van der Waals surface area contributed by atoms with E-state index in [1.165, 1.54) is 4.31 Å². The van der Waals surface area contributed by atoms with Crippen LogP contribution in [0.15, 0.2) is 29.2 Å². The molecule has 1 amide bonds. The molecule has 1 aromatic rings. The Morgan fingerprint density at radius 3 is 2.22 bits per heavy atom. The van der Waals surface area contributed by atoms with Crippen molar-refractivity contribution in [3.05, 3.63) is 29.8 Å². The maximum Gasteiger partial charge on any atom is 0.326 e. The molecule has 0 aromatic heterocycles. The highest BCUT2D eigenvalue weighted by atomic mass is 32.2. The smallest absolute Gasteiger partial charge is 0.326 e. The third-order valence-corrected chi connectivity index (χ3v) is 6.68. The molecule has 0 aliphatic carbocycles. The highest BCUT2D eigenvalue weighted by Crippen LogP contribution is 2.21. The number of hydrogen-bond donors (Lipinski definition) is 2. The molecular formula is C19H28N2O5S. The van der Waals surface area contributed by atoms with E-state index in [2.05, 4.69) is 5.32 Å². The first kappa shape index (κ1) is 21.4. The summed E-state index contributed by atoms with van der Waals surface area (Å²) in [4.78, 5) is 23.4. The van der Waals surface area contributed by atoms with Gasteiger partial charge in [-0.05, 0) is 42.9 Å². The van der Waals surface area contributed by atoms with E-state index in [1.54, 1.807) is 38.1 Å². The summed E-state index contributed by atoms with van der Waals surface area (Å²) in [6, 6.07) is 5.66. The Kier molecular flexibility index (Phi) is 7.38. The zero-order chi connectivity index (χ0) is 20.0. The molecule has 0 bridgehead atoms. The van der Waals surface area contributed by atoms with Gasteiger partial charge in [-0.2, -0.15) is 4.31 Å². The van der Waals surface area contributed by atoms with Gasteiger partial charge in [-0.25, -0.2) is 13.2 Å². The van der Waals surface area contributed by atoms with Crippen molar-refractivity contribution in [3.8, 4) is 0 Å². The number of benzene rings is 1. The Morgan fingerprint density at radius 2 is 1.70 bits per heavy atom. The highest BCUT2D eigenvalue weighted by molar-refractivity contribution is 7.89. The second kappa shape index (κ2) is 9.32. The predicted molar refractivity (Wildman–Crippen MR) is 102 cm³/mol. The maximum atomic E-state index is 12.6. The number of hydrogen-bond acceptors (Lipinski definition) is 4. The number of aryl methyl sites for hydroxylation is 1. The Bertz CT molecular complexity index is 753. The summed E-state index contributed by atoms with van der Waals surface area (Å²) >= 11 is 0. The van der Waals surface area contributed by atoms with Gasteiger partial charge in [0.25, 0.3) is 0 Å². The van der Waals surface area contributed by atoms with Crippen molar-refractivity contribution in [1.29, 1.82) is 0 Å². The Balaban J connectivity index is 1.93.